The summed E-state index contributed by atoms with van der Waals surface area (Å²) in [5, 5.41) is 8.74. The van der Waals surface area contributed by atoms with Crippen molar-refractivity contribution in [1.82, 2.24) is 4.98 Å². The number of ether oxygens (including phenoxy) is 1. The Morgan fingerprint density at radius 2 is 1.00 bits per heavy atom. The summed E-state index contributed by atoms with van der Waals surface area (Å²) in [6, 6.07) is 8.60. The average Bonchev–Trinajstić information content (AvgIpc) is 4.07. The standard InChI is InChI=1S/C11H15N.C11H22O.2C10H20.C9H15N.C9H18.C8H14F2/c1-8(2)9-7-10(9)11-5-3-4-6-12-11;1-5-6-9-10(7-12-4)11(9)8(2)3;1-6(2)9-8(5)10(9)7(3)4;1-5-8-9(6-2)10(8)7(3)4;1-7(2)9-5-3-4-8(9)6-10;1-5-8-7(4)9(8)6(2)3;1-5(2)8-6(3-9)7(8)4-10/h3-6,8-10H,7H2,1-2H3;8-11H,5-7H2,1-4H3;6-10H,1-5H3;7-10H,5-6H2,1-4H3;7-9H,3-5H2,1-2H3;6-9H,5H2,1-4H3;5-8H,3-4H2,1-2H3. The second-order valence-corrected chi connectivity index (χ2v) is 27.6. The van der Waals surface area contributed by atoms with Gasteiger partial charge in [0.1, 0.15) is 0 Å². The summed E-state index contributed by atoms with van der Waals surface area (Å²) in [6.07, 6.45) is 13.8. The fraction of sp³-hybridized carbons (Fsp3) is 0.912. The molecule has 0 N–H and O–H groups in total. The number of halogens is 2. The first-order chi connectivity index (χ1) is 34.4. The highest BCUT2D eigenvalue weighted by molar-refractivity contribution is 5.18. The average molecular weight is 1020 g/mol. The molecule has 0 bridgehead atoms. The lowest BCUT2D eigenvalue weighted by molar-refractivity contribution is 0.174. The summed E-state index contributed by atoms with van der Waals surface area (Å²) in [7, 11) is 1.82. The quantitative estimate of drug-likeness (QED) is 0.147. The van der Waals surface area contributed by atoms with Crippen LogP contribution in [-0.2, 0) is 4.74 Å². The van der Waals surface area contributed by atoms with Crippen LogP contribution < -0.4 is 0 Å². The van der Waals surface area contributed by atoms with Gasteiger partial charge in [-0.2, -0.15) is 5.26 Å². The van der Waals surface area contributed by atoms with Crippen LogP contribution in [0.25, 0.3) is 0 Å². The van der Waals surface area contributed by atoms with Gasteiger partial charge < -0.3 is 4.74 Å². The van der Waals surface area contributed by atoms with Gasteiger partial charge in [-0.3, -0.25) is 13.8 Å². The van der Waals surface area contributed by atoms with Crippen LogP contribution in [0.15, 0.2) is 24.4 Å². The lowest BCUT2D eigenvalue weighted by Gasteiger charge is -2.16. The van der Waals surface area contributed by atoms with Gasteiger partial charge >= 0.3 is 0 Å². The molecule has 1 aromatic heterocycles. The van der Waals surface area contributed by atoms with Gasteiger partial charge in [-0.15, -0.1) is 0 Å². The van der Waals surface area contributed by atoms with Crippen LogP contribution in [0.3, 0.4) is 0 Å². The maximum atomic E-state index is 12.1. The monoisotopic (exact) mass is 1020 g/mol. The summed E-state index contributed by atoms with van der Waals surface area (Å²) in [5.41, 5.74) is 1.29. The third kappa shape index (κ3) is 20.6. The van der Waals surface area contributed by atoms with Gasteiger partial charge in [0.05, 0.1) is 19.4 Å². The third-order valence-corrected chi connectivity index (χ3v) is 20.1. The first-order valence-corrected chi connectivity index (χ1v) is 31.3. The molecule has 0 spiro atoms. The molecule has 16 unspecified atom stereocenters. The molecule has 16 atom stereocenters. The summed E-state index contributed by atoms with van der Waals surface area (Å²) in [5.74, 6) is 21.7. The topological polar surface area (TPSA) is 45.9 Å². The van der Waals surface area contributed by atoms with Crippen molar-refractivity contribution in [2.45, 2.75) is 216 Å². The van der Waals surface area contributed by atoms with Crippen molar-refractivity contribution in [3.63, 3.8) is 0 Å². The van der Waals surface area contributed by atoms with Crippen molar-refractivity contribution >= 4 is 0 Å². The molecule has 3 nitrogen and oxygen atoms in total. The number of hydrogen-bond acceptors (Lipinski definition) is 3. The van der Waals surface area contributed by atoms with E-state index in [2.05, 4.69) is 162 Å². The molecule has 8 rings (SSSR count). The largest absolute Gasteiger partial charge is 0.384 e. The lowest BCUT2D eigenvalue weighted by Crippen LogP contribution is -2.12. The molecule has 0 radical (unpaired) electrons. The van der Waals surface area contributed by atoms with Gasteiger partial charge in [0.2, 0.25) is 0 Å². The molecule has 5 heteroatoms. The number of methoxy groups -OCH3 is 1. The molecule has 1 aromatic rings. The number of aromatic nitrogens is 1. The second-order valence-electron chi connectivity index (χ2n) is 27.6. The SMILES string of the molecule is CC(C)C1C(C)C1C(C)C.CC(C)C1C(CF)C1CF.CC(C)C1CC1c1ccccn1.CC(C)C1CCCC1C#N.CCC1C(C)C1C(C)C.CCC1C(CC)C1C(C)C.CCCC1C(COC)C1C(C)C. The minimum Gasteiger partial charge on any atom is -0.384 e. The Balaban J connectivity index is 0.000000292. The van der Waals surface area contributed by atoms with Crippen LogP contribution in [0, 0.1) is 165 Å². The van der Waals surface area contributed by atoms with E-state index in [1.165, 1.54) is 57.1 Å². The van der Waals surface area contributed by atoms with Gasteiger partial charge in [0.25, 0.3) is 0 Å². The fourth-order valence-corrected chi connectivity index (χ4v) is 15.9. The number of nitrogens with zero attached hydrogens (tertiary/aromatic N) is 2. The molecule has 426 valence electrons. The van der Waals surface area contributed by atoms with E-state index in [9.17, 15) is 8.78 Å². The minimum absolute atomic E-state index is 0.0324. The van der Waals surface area contributed by atoms with E-state index >= 15 is 0 Å². The van der Waals surface area contributed by atoms with E-state index in [4.69, 9.17) is 10.00 Å². The third-order valence-electron chi connectivity index (χ3n) is 20.1. The summed E-state index contributed by atoms with van der Waals surface area (Å²) >= 11 is 0. The van der Waals surface area contributed by atoms with Crippen LogP contribution in [0.1, 0.15) is 222 Å². The van der Waals surface area contributed by atoms with Crippen LogP contribution in [0.4, 0.5) is 8.78 Å². The first-order valence-electron chi connectivity index (χ1n) is 31.3. The summed E-state index contributed by atoms with van der Waals surface area (Å²) in [6.45, 7) is 50.9. The number of hydrogen-bond donors (Lipinski definition) is 0. The highest BCUT2D eigenvalue weighted by atomic mass is 19.1. The van der Waals surface area contributed by atoms with Gasteiger partial charge in [-0.1, -0.05) is 197 Å². The Kier molecular flexibility index (Phi) is 30.6. The van der Waals surface area contributed by atoms with Gasteiger partial charge in [0, 0.05) is 37.4 Å². The van der Waals surface area contributed by atoms with E-state index in [0.29, 0.717) is 29.6 Å². The molecule has 7 aliphatic rings. The molecule has 0 saturated heterocycles. The predicted octanol–water partition coefficient (Wildman–Crippen LogP) is 20.3. The highest BCUT2D eigenvalue weighted by Crippen LogP contribution is 2.57. The van der Waals surface area contributed by atoms with Crippen molar-refractivity contribution in [1.29, 1.82) is 5.26 Å². The molecule has 0 amide bonds. The smallest absolute Gasteiger partial charge is 0.0929 e. The molecule has 73 heavy (non-hydrogen) atoms. The summed E-state index contributed by atoms with van der Waals surface area (Å²) < 4.78 is 29.3. The van der Waals surface area contributed by atoms with Crippen molar-refractivity contribution in [3.8, 4) is 6.07 Å². The fourth-order valence-electron chi connectivity index (χ4n) is 15.9. The lowest BCUT2D eigenvalue weighted by atomic mass is 9.87. The van der Waals surface area contributed by atoms with Crippen molar-refractivity contribution in [2.75, 3.05) is 27.1 Å². The van der Waals surface area contributed by atoms with Crippen molar-refractivity contribution in [3.05, 3.63) is 30.1 Å². The zero-order chi connectivity index (χ0) is 55.6. The Morgan fingerprint density at radius 1 is 0.548 bits per heavy atom. The van der Waals surface area contributed by atoms with E-state index in [-0.39, 0.29) is 25.2 Å². The number of rotatable bonds is 18. The van der Waals surface area contributed by atoms with Gasteiger partial charge in [-0.05, 0) is 179 Å². The maximum absolute atomic E-state index is 12.1. The number of pyridine rings is 1. The number of nitriles is 1. The maximum Gasteiger partial charge on any atom is 0.0929 e. The normalized spacial score (nSPS) is 35.8. The van der Waals surface area contributed by atoms with Crippen LogP contribution in [0.5, 0.6) is 0 Å². The van der Waals surface area contributed by atoms with Crippen molar-refractivity contribution < 1.29 is 13.5 Å². The molecule has 7 fully saturated rings. The molecule has 0 aromatic carbocycles. The second kappa shape index (κ2) is 33.0. The van der Waals surface area contributed by atoms with Crippen LogP contribution >= 0.6 is 0 Å². The minimum atomic E-state index is -0.336. The Bertz CT molecular complexity index is 1530. The summed E-state index contributed by atoms with van der Waals surface area (Å²) in [4.78, 5) is 4.37. The molecule has 1 heterocycles. The Hall–Kier alpha value is -1.54. The van der Waals surface area contributed by atoms with Crippen molar-refractivity contribution in [2.24, 2.45) is 154 Å². The number of alkyl halides is 2. The molecule has 0 aliphatic heterocycles. The molecular weight excluding hydrogens is 899 g/mol. The predicted molar refractivity (Wildman–Crippen MR) is 314 cm³/mol. The molecular formula is C68H124F2N2O. The van der Waals surface area contributed by atoms with Gasteiger partial charge in [0.15, 0.2) is 0 Å². The zero-order valence-electron chi connectivity index (χ0n) is 52.4. The Morgan fingerprint density at radius 3 is 1.26 bits per heavy atom. The van der Waals surface area contributed by atoms with E-state index in [1.54, 1.807) is 0 Å². The molecule has 7 aliphatic carbocycles. The molecule has 7 saturated carbocycles. The Labute approximate surface area is 454 Å². The van der Waals surface area contributed by atoms with Crippen LogP contribution in [0.2, 0.25) is 0 Å². The van der Waals surface area contributed by atoms with Crippen LogP contribution in [-0.4, -0.2) is 32.0 Å². The highest BCUT2D eigenvalue weighted by Gasteiger charge is 2.52. The first kappa shape index (κ1) is 67.6. The van der Waals surface area contributed by atoms with E-state index < -0.39 is 0 Å². The zero-order valence-corrected chi connectivity index (χ0v) is 52.4. The van der Waals surface area contributed by atoms with Gasteiger partial charge in [-0.25, -0.2) is 0 Å². The van der Waals surface area contributed by atoms with E-state index in [0.717, 1.165) is 131 Å². The van der Waals surface area contributed by atoms with E-state index in [1.807, 2.05) is 33.2 Å².